The zero-order chi connectivity index (χ0) is 13.2. The van der Waals surface area contributed by atoms with E-state index in [1.807, 2.05) is 53.1 Å². The van der Waals surface area contributed by atoms with Crippen molar-refractivity contribution < 1.29 is 0 Å². The third kappa shape index (κ3) is 2.17. The van der Waals surface area contributed by atoms with Crippen LogP contribution in [-0.4, -0.2) is 4.57 Å². The normalized spacial score (nSPS) is 10.8. The van der Waals surface area contributed by atoms with Crippen molar-refractivity contribution in [2.75, 3.05) is 0 Å². The first-order valence-corrected chi connectivity index (χ1v) is 6.39. The summed E-state index contributed by atoms with van der Waals surface area (Å²) in [4.78, 5) is 12.1. The van der Waals surface area contributed by atoms with Gasteiger partial charge in [-0.25, -0.2) is 0 Å². The van der Waals surface area contributed by atoms with Gasteiger partial charge >= 0.3 is 0 Å². The SMILES string of the molecule is Cc1cccc2c1ccc(=O)n2Cc1ccccc1. The Hall–Kier alpha value is -2.35. The van der Waals surface area contributed by atoms with Gasteiger partial charge in [-0.15, -0.1) is 0 Å². The highest BCUT2D eigenvalue weighted by Gasteiger charge is 2.05. The van der Waals surface area contributed by atoms with Crippen molar-refractivity contribution in [3.63, 3.8) is 0 Å². The second-order valence-corrected chi connectivity index (χ2v) is 4.75. The molecule has 94 valence electrons. The van der Waals surface area contributed by atoms with Crippen LogP contribution in [0.25, 0.3) is 10.9 Å². The van der Waals surface area contributed by atoms with Crippen LogP contribution in [0.4, 0.5) is 0 Å². The predicted octanol–water partition coefficient (Wildman–Crippen LogP) is 3.36. The van der Waals surface area contributed by atoms with Gasteiger partial charge in [-0.3, -0.25) is 4.79 Å². The molecule has 2 heteroatoms. The van der Waals surface area contributed by atoms with Gasteiger partial charge in [0, 0.05) is 11.5 Å². The first-order valence-electron chi connectivity index (χ1n) is 6.39. The minimum atomic E-state index is 0.0435. The van der Waals surface area contributed by atoms with E-state index in [0.29, 0.717) is 6.54 Å². The van der Waals surface area contributed by atoms with Crippen LogP contribution in [0.5, 0.6) is 0 Å². The largest absolute Gasteiger partial charge is 0.304 e. The molecule has 0 atom stereocenters. The van der Waals surface area contributed by atoms with E-state index in [9.17, 15) is 4.79 Å². The van der Waals surface area contributed by atoms with E-state index >= 15 is 0 Å². The summed E-state index contributed by atoms with van der Waals surface area (Å²) in [6.07, 6.45) is 0. The summed E-state index contributed by atoms with van der Waals surface area (Å²) < 4.78 is 1.83. The number of aryl methyl sites for hydroxylation is 1. The molecule has 3 rings (SSSR count). The number of benzene rings is 2. The molecule has 2 aromatic carbocycles. The predicted molar refractivity (Wildman–Crippen MR) is 78.5 cm³/mol. The molecule has 0 saturated carbocycles. The second-order valence-electron chi connectivity index (χ2n) is 4.75. The minimum absolute atomic E-state index is 0.0435. The van der Waals surface area contributed by atoms with Gasteiger partial charge in [0.25, 0.3) is 5.56 Å². The van der Waals surface area contributed by atoms with E-state index in [4.69, 9.17) is 0 Å². The minimum Gasteiger partial charge on any atom is -0.304 e. The lowest BCUT2D eigenvalue weighted by molar-refractivity contribution is 0.794. The van der Waals surface area contributed by atoms with Crippen LogP contribution in [-0.2, 0) is 6.54 Å². The number of hydrogen-bond acceptors (Lipinski definition) is 1. The fourth-order valence-electron chi connectivity index (χ4n) is 2.41. The molecule has 0 bridgehead atoms. The molecular formula is C17H15NO. The van der Waals surface area contributed by atoms with Crippen molar-refractivity contribution in [2.45, 2.75) is 13.5 Å². The van der Waals surface area contributed by atoms with Gasteiger partial charge in [0.05, 0.1) is 12.1 Å². The summed E-state index contributed by atoms with van der Waals surface area (Å²) in [6, 6.07) is 19.7. The monoisotopic (exact) mass is 249 g/mol. The molecule has 1 heterocycles. The van der Waals surface area contributed by atoms with E-state index in [2.05, 4.69) is 13.0 Å². The summed E-state index contributed by atoms with van der Waals surface area (Å²) in [6.45, 7) is 2.68. The summed E-state index contributed by atoms with van der Waals surface area (Å²) in [7, 11) is 0. The Morgan fingerprint density at radius 1 is 0.895 bits per heavy atom. The Morgan fingerprint density at radius 3 is 2.47 bits per heavy atom. The van der Waals surface area contributed by atoms with Crippen LogP contribution in [0.15, 0.2) is 65.5 Å². The molecular weight excluding hydrogens is 234 g/mol. The first-order chi connectivity index (χ1) is 9.25. The maximum atomic E-state index is 12.1. The Labute approximate surface area is 111 Å². The molecule has 3 aromatic rings. The Morgan fingerprint density at radius 2 is 1.68 bits per heavy atom. The van der Waals surface area contributed by atoms with Crippen molar-refractivity contribution in [3.8, 4) is 0 Å². The fourth-order valence-corrected chi connectivity index (χ4v) is 2.41. The molecule has 1 aromatic heterocycles. The average Bonchev–Trinajstić information content (AvgIpc) is 2.43. The highest BCUT2D eigenvalue weighted by molar-refractivity contribution is 5.82. The average molecular weight is 249 g/mol. The van der Waals surface area contributed by atoms with E-state index in [-0.39, 0.29) is 5.56 Å². The highest BCUT2D eigenvalue weighted by Crippen LogP contribution is 2.17. The molecule has 0 aliphatic carbocycles. The Kier molecular flexibility index (Phi) is 2.92. The smallest absolute Gasteiger partial charge is 0.251 e. The molecule has 0 fully saturated rings. The van der Waals surface area contributed by atoms with Crippen molar-refractivity contribution >= 4 is 10.9 Å². The van der Waals surface area contributed by atoms with E-state index in [1.54, 1.807) is 6.07 Å². The molecule has 0 aliphatic rings. The molecule has 0 N–H and O–H groups in total. The van der Waals surface area contributed by atoms with Gasteiger partial charge in [-0.2, -0.15) is 0 Å². The number of aromatic nitrogens is 1. The molecule has 0 amide bonds. The Balaban J connectivity index is 2.20. The van der Waals surface area contributed by atoms with Crippen LogP contribution in [0, 0.1) is 6.92 Å². The number of pyridine rings is 1. The molecule has 0 spiro atoms. The number of hydrogen-bond donors (Lipinski definition) is 0. The van der Waals surface area contributed by atoms with E-state index in [1.165, 1.54) is 5.56 Å². The van der Waals surface area contributed by atoms with Crippen molar-refractivity contribution in [2.24, 2.45) is 0 Å². The number of nitrogens with zero attached hydrogens (tertiary/aromatic N) is 1. The quantitative estimate of drug-likeness (QED) is 0.682. The summed E-state index contributed by atoms with van der Waals surface area (Å²) in [5.74, 6) is 0. The van der Waals surface area contributed by atoms with E-state index in [0.717, 1.165) is 16.5 Å². The summed E-state index contributed by atoms with van der Waals surface area (Å²) in [5, 5.41) is 1.14. The molecule has 2 nitrogen and oxygen atoms in total. The lowest BCUT2D eigenvalue weighted by Gasteiger charge is -2.11. The van der Waals surface area contributed by atoms with Crippen LogP contribution >= 0.6 is 0 Å². The molecule has 19 heavy (non-hydrogen) atoms. The van der Waals surface area contributed by atoms with Gasteiger partial charge in [0.1, 0.15) is 0 Å². The van der Waals surface area contributed by atoms with Crippen molar-refractivity contribution in [3.05, 3.63) is 82.1 Å². The summed E-state index contributed by atoms with van der Waals surface area (Å²) >= 11 is 0. The molecule has 0 radical (unpaired) electrons. The second kappa shape index (κ2) is 4.73. The number of fused-ring (bicyclic) bond motifs is 1. The van der Waals surface area contributed by atoms with Crippen LogP contribution in [0.2, 0.25) is 0 Å². The van der Waals surface area contributed by atoms with E-state index < -0.39 is 0 Å². The maximum Gasteiger partial charge on any atom is 0.251 e. The molecule has 0 unspecified atom stereocenters. The fraction of sp³-hybridized carbons (Fsp3) is 0.118. The van der Waals surface area contributed by atoms with Crippen LogP contribution in [0.3, 0.4) is 0 Å². The third-order valence-corrected chi connectivity index (χ3v) is 3.43. The van der Waals surface area contributed by atoms with Crippen molar-refractivity contribution in [1.82, 2.24) is 4.57 Å². The molecule has 0 aliphatic heterocycles. The van der Waals surface area contributed by atoms with Gasteiger partial charge in [-0.05, 0) is 30.2 Å². The first kappa shape index (κ1) is 11.7. The topological polar surface area (TPSA) is 22.0 Å². The van der Waals surface area contributed by atoms with Crippen molar-refractivity contribution in [1.29, 1.82) is 0 Å². The van der Waals surface area contributed by atoms with Gasteiger partial charge in [0.2, 0.25) is 0 Å². The Bertz CT molecular complexity index is 772. The van der Waals surface area contributed by atoms with Crippen LogP contribution < -0.4 is 5.56 Å². The highest BCUT2D eigenvalue weighted by atomic mass is 16.1. The van der Waals surface area contributed by atoms with Gasteiger partial charge in [-0.1, -0.05) is 42.5 Å². The van der Waals surface area contributed by atoms with Gasteiger partial charge in [0.15, 0.2) is 0 Å². The molecule has 0 saturated heterocycles. The lowest BCUT2D eigenvalue weighted by atomic mass is 10.1. The van der Waals surface area contributed by atoms with Crippen LogP contribution in [0.1, 0.15) is 11.1 Å². The maximum absolute atomic E-state index is 12.1. The standard InChI is InChI=1S/C17H15NO/c1-13-6-5-9-16-15(13)10-11-17(19)18(16)12-14-7-3-2-4-8-14/h2-11H,12H2,1H3. The number of rotatable bonds is 2. The lowest BCUT2D eigenvalue weighted by Crippen LogP contribution is -2.20. The van der Waals surface area contributed by atoms with Gasteiger partial charge < -0.3 is 4.57 Å². The zero-order valence-corrected chi connectivity index (χ0v) is 10.8. The third-order valence-electron chi connectivity index (χ3n) is 3.43. The summed E-state index contributed by atoms with van der Waals surface area (Å²) in [5.41, 5.74) is 3.37. The zero-order valence-electron chi connectivity index (χ0n) is 10.8.